The Labute approximate surface area is 173 Å². The van der Waals surface area contributed by atoms with Gasteiger partial charge in [0, 0.05) is 11.1 Å². The average molecular weight is 397 g/mol. The Balaban J connectivity index is 1.52. The van der Waals surface area contributed by atoms with E-state index in [1.54, 1.807) is 18.2 Å². The normalized spacial score (nSPS) is 10.5. The van der Waals surface area contributed by atoms with Gasteiger partial charge in [0.2, 0.25) is 0 Å². The number of hydrogen-bond donors (Lipinski definition) is 2. The number of anilines is 2. The summed E-state index contributed by atoms with van der Waals surface area (Å²) in [7, 11) is 0. The number of rotatable bonds is 7. The van der Waals surface area contributed by atoms with Gasteiger partial charge in [-0.2, -0.15) is 0 Å². The predicted molar refractivity (Wildman–Crippen MR) is 117 cm³/mol. The zero-order valence-electron chi connectivity index (χ0n) is 16.1. The van der Waals surface area contributed by atoms with Gasteiger partial charge < -0.3 is 15.2 Å². The third-order valence-electron chi connectivity index (χ3n) is 4.61. The van der Waals surface area contributed by atoms with Crippen molar-refractivity contribution in [3.63, 3.8) is 0 Å². The lowest BCUT2D eigenvalue weighted by atomic mass is 10.1. The largest absolute Gasteiger partial charge is 0.489 e. The summed E-state index contributed by atoms with van der Waals surface area (Å²) >= 11 is 0. The van der Waals surface area contributed by atoms with E-state index in [2.05, 4.69) is 21.9 Å². The average Bonchev–Trinajstić information content (AvgIpc) is 2.78. The number of carboxylic acid groups (broad SMARTS) is 1. The molecule has 0 radical (unpaired) electrons. The molecular formula is C24H19N3O3. The summed E-state index contributed by atoms with van der Waals surface area (Å²) in [6.07, 6.45) is 1.47. The lowest BCUT2D eigenvalue weighted by molar-refractivity contribution is -0.130. The van der Waals surface area contributed by atoms with Gasteiger partial charge in [0.05, 0.1) is 11.1 Å². The van der Waals surface area contributed by atoms with Crippen LogP contribution in [0.2, 0.25) is 0 Å². The predicted octanol–water partition coefficient (Wildman–Crippen LogP) is 5.05. The molecule has 0 bridgehead atoms. The third kappa shape index (κ3) is 4.28. The Morgan fingerprint density at radius 3 is 2.50 bits per heavy atom. The molecule has 0 unspecified atom stereocenters. The summed E-state index contributed by atoms with van der Waals surface area (Å²) in [6.45, 7) is 4.12. The van der Waals surface area contributed by atoms with Crippen molar-refractivity contribution in [2.75, 3.05) is 5.32 Å². The second-order valence-corrected chi connectivity index (χ2v) is 6.66. The molecule has 0 aliphatic rings. The Kier molecular flexibility index (Phi) is 5.39. The standard InChI is InChI=1S/C24H19N3O3/c1-16(24(28)29)18-7-12-22-21(13-18)23(26-15-25-22)27-19-8-10-20(11-9-19)30-14-17-5-3-2-4-6-17/h2-13,15H,1,14H2,(H,28,29)(H,25,26,27). The van der Waals surface area contributed by atoms with Crippen LogP contribution in [0.4, 0.5) is 11.5 Å². The van der Waals surface area contributed by atoms with Crippen LogP contribution in [0.1, 0.15) is 11.1 Å². The molecular weight excluding hydrogens is 378 g/mol. The van der Waals surface area contributed by atoms with E-state index in [9.17, 15) is 9.90 Å². The van der Waals surface area contributed by atoms with Gasteiger partial charge in [-0.3, -0.25) is 0 Å². The number of fused-ring (bicyclic) bond motifs is 1. The van der Waals surface area contributed by atoms with Gasteiger partial charge in [-0.1, -0.05) is 43.0 Å². The SMILES string of the molecule is C=C(C(=O)O)c1ccc2ncnc(Nc3ccc(OCc4ccccc4)cc3)c2c1. The molecule has 2 N–H and O–H groups in total. The minimum atomic E-state index is -1.06. The molecule has 0 aliphatic heterocycles. The van der Waals surface area contributed by atoms with Gasteiger partial charge in [0.15, 0.2) is 0 Å². The molecule has 0 atom stereocenters. The van der Waals surface area contributed by atoms with Gasteiger partial charge in [0.25, 0.3) is 0 Å². The van der Waals surface area contributed by atoms with Crippen LogP contribution < -0.4 is 10.1 Å². The van der Waals surface area contributed by atoms with E-state index in [1.807, 2.05) is 54.6 Å². The first-order valence-electron chi connectivity index (χ1n) is 9.31. The first-order chi connectivity index (χ1) is 14.6. The molecule has 0 aliphatic carbocycles. The highest BCUT2D eigenvalue weighted by atomic mass is 16.5. The Hall–Kier alpha value is -4.19. The molecule has 3 aromatic carbocycles. The van der Waals surface area contributed by atoms with Gasteiger partial charge >= 0.3 is 5.97 Å². The first kappa shape index (κ1) is 19.1. The summed E-state index contributed by atoms with van der Waals surface area (Å²) in [5.74, 6) is 0.279. The molecule has 0 amide bonds. The van der Waals surface area contributed by atoms with Crippen molar-refractivity contribution in [1.29, 1.82) is 0 Å². The quantitative estimate of drug-likeness (QED) is 0.425. The number of aliphatic carboxylic acids is 1. The van der Waals surface area contributed by atoms with Crippen LogP contribution in [0.25, 0.3) is 16.5 Å². The van der Waals surface area contributed by atoms with Crippen LogP contribution in [-0.2, 0) is 11.4 Å². The number of benzene rings is 3. The summed E-state index contributed by atoms with van der Waals surface area (Å²) in [5.41, 5.74) is 3.16. The highest BCUT2D eigenvalue weighted by Crippen LogP contribution is 2.27. The molecule has 6 heteroatoms. The van der Waals surface area contributed by atoms with Crippen molar-refractivity contribution in [3.05, 3.63) is 96.8 Å². The second kappa shape index (κ2) is 8.45. The number of carboxylic acids is 1. The molecule has 0 saturated carbocycles. The maximum Gasteiger partial charge on any atom is 0.335 e. The van der Waals surface area contributed by atoms with Crippen molar-refractivity contribution in [2.45, 2.75) is 6.61 Å². The molecule has 6 nitrogen and oxygen atoms in total. The van der Waals surface area contributed by atoms with Gasteiger partial charge in [-0.15, -0.1) is 0 Å². The number of ether oxygens (including phenoxy) is 1. The zero-order valence-corrected chi connectivity index (χ0v) is 16.1. The maximum atomic E-state index is 11.2. The van der Waals surface area contributed by atoms with E-state index in [4.69, 9.17) is 4.74 Å². The van der Waals surface area contributed by atoms with E-state index < -0.39 is 5.97 Å². The van der Waals surface area contributed by atoms with Crippen molar-refractivity contribution >= 4 is 34.0 Å². The molecule has 1 aromatic heterocycles. The Bertz CT molecular complexity index is 1210. The zero-order chi connectivity index (χ0) is 20.9. The van der Waals surface area contributed by atoms with Crippen molar-refractivity contribution in [2.24, 2.45) is 0 Å². The molecule has 0 saturated heterocycles. The topological polar surface area (TPSA) is 84.3 Å². The third-order valence-corrected chi connectivity index (χ3v) is 4.61. The fourth-order valence-electron chi connectivity index (χ4n) is 2.98. The maximum absolute atomic E-state index is 11.2. The monoisotopic (exact) mass is 397 g/mol. The summed E-state index contributed by atoms with van der Waals surface area (Å²) < 4.78 is 5.81. The minimum Gasteiger partial charge on any atom is -0.489 e. The number of hydrogen-bond acceptors (Lipinski definition) is 5. The van der Waals surface area contributed by atoms with Crippen molar-refractivity contribution in [1.82, 2.24) is 9.97 Å². The van der Waals surface area contributed by atoms with Gasteiger partial charge in [0.1, 0.15) is 24.5 Å². The van der Waals surface area contributed by atoms with E-state index in [1.165, 1.54) is 6.33 Å². The fourth-order valence-corrected chi connectivity index (χ4v) is 2.98. The van der Waals surface area contributed by atoms with Crippen molar-refractivity contribution < 1.29 is 14.6 Å². The number of nitrogens with one attached hydrogen (secondary N) is 1. The molecule has 4 aromatic rings. The number of nitrogens with zero attached hydrogens (tertiary/aromatic N) is 2. The van der Waals surface area contributed by atoms with Crippen LogP contribution in [0.15, 0.2) is 85.7 Å². The Morgan fingerprint density at radius 1 is 1.00 bits per heavy atom. The van der Waals surface area contributed by atoms with E-state index in [-0.39, 0.29) is 5.57 Å². The smallest absolute Gasteiger partial charge is 0.335 e. The molecule has 148 valence electrons. The highest BCUT2D eigenvalue weighted by molar-refractivity contribution is 6.15. The minimum absolute atomic E-state index is 0.0200. The molecule has 1 heterocycles. The van der Waals surface area contributed by atoms with Gasteiger partial charge in [-0.05, 0) is 47.5 Å². The summed E-state index contributed by atoms with van der Waals surface area (Å²) in [4.78, 5) is 19.8. The first-order valence-corrected chi connectivity index (χ1v) is 9.31. The van der Waals surface area contributed by atoms with Crippen LogP contribution in [-0.4, -0.2) is 21.0 Å². The lowest BCUT2D eigenvalue weighted by Crippen LogP contribution is -2.00. The summed E-state index contributed by atoms with van der Waals surface area (Å²) in [6, 6.07) is 22.7. The number of aromatic nitrogens is 2. The number of carbonyl (C=O) groups is 1. The van der Waals surface area contributed by atoms with Crippen LogP contribution in [0.3, 0.4) is 0 Å². The van der Waals surface area contributed by atoms with Crippen LogP contribution >= 0.6 is 0 Å². The van der Waals surface area contributed by atoms with Crippen LogP contribution in [0, 0.1) is 0 Å². The van der Waals surface area contributed by atoms with Gasteiger partial charge in [-0.25, -0.2) is 14.8 Å². The van der Waals surface area contributed by atoms with Crippen LogP contribution in [0.5, 0.6) is 5.75 Å². The van der Waals surface area contributed by atoms with E-state index >= 15 is 0 Å². The second-order valence-electron chi connectivity index (χ2n) is 6.66. The molecule has 30 heavy (non-hydrogen) atoms. The lowest BCUT2D eigenvalue weighted by Gasteiger charge is -2.11. The molecule has 0 fully saturated rings. The molecule has 4 rings (SSSR count). The highest BCUT2D eigenvalue weighted by Gasteiger charge is 2.11. The summed E-state index contributed by atoms with van der Waals surface area (Å²) in [5, 5.41) is 13.2. The van der Waals surface area contributed by atoms with E-state index in [0.717, 1.165) is 17.0 Å². The van der Waals surface area contributed by atoms with E-state index in [0.29, 0.717) is 28.9 Å². The molecule has 0 spiro atoms. The fraction of sp³-hybridized carbons (Fsp3) is 0.0417. The Morgan fingerprint density at radius 2 is 1.77 bits per heavy atom. The van der Waals surface area contributed by atoms with Crippen molar-refractivity contribution in [3.8, 4) is 5.75 Å².